The van der Waals surface area contributed by atoms with E-state index in [0.717, 1.165) is 106 Å². The molecule has 0 unspecified atom stereocenters. The largest absolute Gasteiger partial charge is 1.00 e. The molecule has 0 amide bonds. The minimum atomic E-state index is -0.0110. The Balaban J connectivity index is 0.000000154. The molecule has 0 bridgehead atoms. The van der Waals surface area contributed by atoms with Crippen molar-refractivity contribution in [3.8, 4) is 124 Å². The maximum absolute atomic E-state index is 11.3. The van der Waals surface area contributed by atoms with Crippen LogP contribution in [0.2, 0.25) is 0 Å². The first-order valence-electron chi connectivity index (χ1n) is 37.7. The van der Waals surface area contributed by atoms with Gasteiger partial charge in [0.2, 0.25) is 0 Å². The third-order valence-electron chi connectivity index (χ3n) is 19.7. The Morgan fingerprint density at radius 2 is 0.687 bits per heavy atom. The molecule has 15 heteroatoms. The first kappa shape index (κ1) is 80.1. The van der Waals surface area contributed by atoms with Crippen molar-refractivity contribution in [3.63, 3.8) is 0 Å². The average Bonchev–Trinajstić information content (AvgIpc) is 0.755. The third kappa shape index (κ3) is 18.7. The first-order chi connectivity index (χ1) is 54.8. The molecule has 0 saturated carbocycles. The van der Waals surface area contributed by atoms with Crippen molar-refractivity contribution in [1.82, 2.24) is 54.8 Å². The second-order valence-corrected chi connectivity index (χ2v) is 30.0. The number of rotatable bonds is 10. The zero-order chi connectivity index (χ0) is 78.2. The molecule has 6 aromatic heterocycles. The minimum absolute atomic E-state index is 0. The topological polar surface area (TPSA) is 188 Å². The van der Waals surface area contributed by atoms with Crippen molar-refractivity contribution in [3.05, 3.63) is 356 Å². The van der Waals surface area contributed by atoms with E-state index in [2.05, 4.69) is 190 Å². The third-order valence-corrected chi connectivity index (χ3v) is 19.7. The number of aryl methyl sites for hydroxylation is 3. The standard InChI is InChI=1S/C42H30N4.C39H37N5.C10H9NO.C9H7NO.2Li/c1-27-21-22-35(28(2)43-27)32-23-33(39-26-31-17-9-10-18-36(31)37-19-11-12-20-38(37)39)25-34(24-32)42-45-40(29-13-5-3-6-14-29)44-41(46-42)30-15-7-4-8-16-30;1-38(2,3)32-22-29(23-33(24-32)39(4,5)6)28-19-30(34-25-40-17-18-41-34)21-31(20-28)37-43-35(26-13-9-7-10-14-26)42-36(44-37)27-15-11-8-12-16-27;1-7-5-8-3-2-4-11-10(8)9(12)6-7;11-8-5-1-3-7-4-2-6-10-9(7)8;;/h3-26H,1-2H3;7-25H,1-6H3;2-6,12H,1H3;1-6,11H;;/q;;;;2*+1/p-2. The van der Waals surface area contributed by atoms with Crippen molar-refractivity contribution in [2.45, 2.75) is 73.1 Å². The summed E-state index contributed by atoms with van der Waals surface area (Å²) in [4.78, 5) is 51.8. The SMILES string of the molecule is CC(C)(C)c1cc(-c2cc(-c3cnccn3)cc(-c3nc(-c4ccccc4)nc(-c4ccccc4)n3)c2)cc(C(C)(C)C)c1.Cc1cc([O-])c2ncccc2c1.Cc1ccc(-c2cc(-c3nc(-c4ccccc4)nc(-c4ccccc4)n3)cc(-c3cc4ccccc4c4ccccc34)c2)c(C)n1.[Li+].[Li+].[O-]c1cccc2cccnc12. The van der Waals surface area contributed by atoms with Crippen LogP contribution >= 0.6 is 0 Å². The molecule has 115 heavy (non-hydrogen) atoms. The molecule has 0 N–H and O–H groups in total. The molecule has 0 fully saturated rings. The Kier molecular flexibility index (Phi) is 24.6. The number of pyridine rings is 3. The van der Waals surface area contributed by atoms with Crippen LogP contribution in [0.3, 0.4) is 0 Å². The van der Waals surface area contributed by atoms with Gasteiger partial charge in [-0.1, -0.05) is 289 Å². The van der Waals surface area contributed by atoms with E-state index >= 15 is 0 Å². The van der Waals surface area contributed by atoms with Gasteiger partial charge in [-0.25, -0.2) is 29.9 Å². The number of para-hydroxylation sites is 1. The molecule has 18 aromatic rings. The number of hydrogen-bond acceptors (Lipinski definition) is 13. The molecule has 0 saturated heterocycles. The number of nitrogens with zero attached hydrogens (tertiary/aromatic N) is 11. The Morgan fingerprint density at radius 3 is 1.19 bits per heavy atom. The molecule has 550 valence electrons. The molecule has 0 aliphatic heterocycles. The maximum Gasteiger partial charge on any atom is 1.00 e. The van der Waals surface area contributed by atoms with E-state index in [1.54, 1.807) is 43.1 Å². The van der Waals surface area contributed by atoms with E-state index in [0.29, 0.717) is 46.0 Å². The Morgan fingerprint density at radius 1 is 0.270 bits per heavy atom. The number of fused-ring (bicyclic) bond motifs is 5. The van der Waals surface area contributed by atoms with Crippen LogP contribution in [0.15, 0.2) is 328 Å². The van der Waals surface area contributed by atoms with Crippen LogP contribution in [-0.2, 0) is 10.8 Å². The minimum Gasteiger partial charge on any atom is -0.871 e. The summed E-state index contributed by atoms with van der Waals surface area (Å²) >= 11 is 0. The van der Waals surface area contributed by atoms with E-state index in [1.165, 1.54) is 38.7 Å². The van der Waals surface area contributed by atoms with Gasteiger partial charge in [-0.05, 0) is 170 Å². The summed E-state index contributed by atoms with van der Waals surface area (Å²) in [7, 11) is 0. The molecular weight excluding hydrogens is 1400 g/mol. The molecular formula is C100H81Li2N11O2. The Bertz CT molecular complexity index is 6310. The quantitative estimate of drug-likeness (QED) is 0.0930. The van der Waals surface area contributed by atoms with E-state index in [9.17, 15) is 10.2 Å². The summed E-state index contributed by atoms with van der Waals surface area (Å²) < 4.78 is 0. The van der Waals surface area contributed by atoms with Crippen molar-refractivity contribution in [1.29, 1.82) is 0 Å². The number of aromatic nitrogens is 11. The van der Waals surface area contributed by atoms with Crippen LogP contribution in [0.4, 0.5) is 0 Å². The number of hydrogen-bond donors (Lipinski definition) is 0. The van der Waals surface area contributed by atoms with E-state index < -0.39 is 0 Å². The molecule has 13 nitrogen and oxygen atoms in total. The van der Waals surface area contributed by atoms with E-state index in [4.69, 9.17) is 34.9 Å². The predicted molar refractivity (Wildman–Crippen MR) is 456 cm³/mol. The number of benzene rings is 12. The van der Waals surface area contributed by atoms with Gasteiger partial charge in [0, 0.05) is 80.7 Å². The van der Waals surface area contributed by atoms with Crippen LogP contribution in [-0.4, -0.2) is 54.8 Å². The van der Waals surface area contributed by atoms with Crippen molar-refractivity contribution < 1.29 is 47.9 Å². The summed E-state index contributed by atoms with van der Waals surface area (Å²) in [6.45, 7) is 19.6. The van der Waals surface area contributed by atoms with Crippen LogP contribution in [0.5, 0.6) is 11.5 Å². The molecule has 0 spiro atoms. The molecule has 0 aliphatic carbocycles. The van der Waals surface area contributed by atoms with Crippen LogP contribution < -0.4 is 47.9 Å². The fourth-order valence-corrected chi connectivity index (χ4v) is 13.8. The maximum atomic E-state index is 11.3. The summed E-state index contributed by atoms with van der Waals surface area (Å²) in [5, 5.41) is 29.2. The molecule has 18 rings (SSSR count). The van der Waals surface area contributed by atoms with Gasteiger partial charge in [0.1, 0.15) is 0 Å². The Hall–Kier alpha value is -13.0. The summed E-state index contributed by atoms with van der Waals surface area (Å²) in [5.41, 5.74) is 20.6. The van der Waals surface area contributed by atoms with Crippen LogP contribution in [0.1, 0.15) is 69.6 Å². The van der Waals surface area contributed by atoms with Crippen molar-refractivity contribution in [2.75, 3.05) is 0 Å². The predicted octanol–water partition coefficient (Wildman–Crippen LogP) is 17.0. The molecule has 0 radical (unpaired) electrons. The summed E-state index contributed by atoms with van der Waals surface area (Å²) in [6.07, 6.45) is 8.49. The van der Waals surface area contributed by atoms with Gasteiger partial charge >= 0.3 is 37.7 Å². The van der Waals surface area contributed by atoms with Crippen molar-refractivity contribution >= 4 is 43.4 Å². The van der Waals surface area contributed by atoms with Gasteiger partial charge in [0.25, 0.3) is 0 Å². The molecule has 0 aliphatic rings. The summed E-state index contributed by atoms with van der Waals surface area (Å²) in [6, 6.07) is 100. The van der Waals surface area contributed by atoms with Gasteiger partial charge in [0.05, 0.1) is 22.9 Å². The zero-order valence-corrected chi connectivity index (χ0v) is 66.4. The fourth-order valence-electron chi connectivity index (χ4n) is 13.8. The van der Waals surface area contributed by atoms with Gasteiger partial charge in [-0.15, -0.1) is 0 Å². The summed E-state index contributed by atoms with van der Waals surface area (Å²) in [5.74, 6) is 3.76. The molecule has 12 aromatic carbocycles. The van der Waals surface area contributed by atoms with Crippen LogP contribution in [0, 0.1) is 20.8 Å². The van der Waals surface area contributed by atoms with Gasteiger partial charge in [0.15, 0.2) is 34.9 Å². The van der Waals surface area contributed by atoms with Gasteiger partial charge in [-0.3, -0.25) is 24.9 Å². The van der Waals surface area contributed by atoms with E-state index in [1.807, 2.05) is 172 Å². The molecule has 0 atom stereocenters. The van der Waals surface area contributed by atoms with Crippen LogP contribution in [0.25, 0.3) is 156 Å². The van der Waals surface area contributed by atoms with Gasteiger partial charge < -0.3 is 10.2 Å². The fraction of sp³-hybridized carbons (Fsp3) is 0.110. The monoisotopic (exact) mass is 1480 g/mol. The zero-order valence-electron chi connectivity index (χ0n) is 66.4. The second kappa shape index (κ2) is 35.4. The first-order valence-corrected chi connectivity index (χ1v) is 37.7. The van der Waals surface area contributed by atoms with Gasteiger partial charge in [-0.2, -0.15) is 0 Å². The Labute approximate surface area is 695 Å². The average molecular weight is 1480 g/mol. The smallest absolute Gasteiger partial charge is 0.871 e. The van der Waals surface area contributed by atoms with E-state index in [-0.39, 0.29) is 60.1 Å². The molecule has 6 heterocycles. The van der Waals surface area contributed by atoms with Crippen molar-refractivity contribution in [2.24, 2.45) is 0 Å². The normalized spacial score (nSPS) is 11.1. The second-order valence-electron chi connectivity index (χ2n) is 30.0.